The Hall–Kier alpha value is -3.15. The summed E-state index contributed by atoms with van der Waals surface area (Å²) >= 11 is 0. The first-order valence-electron chi connectivity index (χ1n) is 9.94. The van der Waals surface area contributed by atoms with E-state index in [0.717, 1.165) is 12.3 Å². The molecule has 1 amide bonds. The Morgan fingerprint density at radius 1 is 1.18 bits per heavy atom. The van der Waals surface area contributed by atoms with Crippen LogP contribution < -0.4 is 10.8 Å². The van der Waals surface area contributed by atoms with Gasteiger partial charge in [-0.1, -0.05) is 25.1 Å². The van der Waals surface area contributed by atoms with Crippen LogP contribution in [0.1, 0.15) is 35.3 Å². The molecular weight excluding hydrogens is 443 g/mol. The van der Waals surface area contributed by atoms with Crippen molar-refractivity contribution in [2.24, 2.45) is 10.6 Å². The number of anilines is 2. The molecule has 2 rings (SSSR count). The lowest BCUT2D eigenvalue weighted by molar-refractivity contribution is 0.0168. The predicted octanol–water partition coefficient (Wildman–Crippen LogP) is 3.18. The zero-order chi connectivity index (χ0) is 24.6. The number of oxime groups is 1. The molecule has 0 aromatic heterocycles. The van der Waals surface area contributed by atoms with Crippen LogP contribution in [-0.4, -0.2) is 48.8 Å². The van der Waals surface area contributed by atoms with Crippen LogP contribution in [0.4, 0.5) is 24.5 Å². The number of aliphatic hydroxyl groups is 2. The zero-order valence-corrected chi connectivity index (χ0v) is 18.4. The van der Waals surface area contributed by atoms with E-state index in [1.165, 1.54) is 12.1 Å². The third-order valence-corrected chi connectivity index (χ3v) is 4.37. The fourth-order valence-corrected chi connectivity index (χ4v) is 2.47. The Morgan fingerprint density at radius 3 is 2.55 bits per heavy atom. The van der Waals surface area contributed by atoms with Crippen molar-refractivity contribution in [3.8, 4) is 0 Å². The number of carbonyl (C=O) groups is 1. The van der Waals surface area contributed by atoms with Gasteiger partial charge in [-0.2, -0.15) is 0 Å². The summed E-state index contributed by atoms with van der Waals surface area (Å²) in [4.78, 5) is 22.3. The van der Waals surface area contributed by atoms with Gasteiger partial charge in [0.15, 0.2) is 11.6 Å². The Bertz CT molecular complexity index is 1020. The third kappa shape index (κ3) is 7.17. The fourth-order valence-electron chi connectivity index (χ4n) is 2.47. The van der Waals surface area contributed by atoms with Crippen molar-refractivity contribution in [1.29, 1.82) is 0 Å². The first kappa shape index (κ1) is 26.1. The highest BCUT2D eigenvalue weighted by Gasteiger charge is 2.24. The summed E-state index contributed by atoms with van der Waals surface area (Å²) in [5.74, 6) is -4.52. The number of hydrogen-bond donors (Lipinski definition) is 4. The minimum absolute atomic E-state index is 0.00121. The summed E-state index contributed by atoms with van der Waals surface area (Å²) in [6.07, 6.45) is 0.869. The molecule has 0 spiro atoms. The molecule has 0 aliphatic carbocycles. The number of halogens is 3. The number of amides is 1. The van der Waals surface area contributed by atoms with Gasteiger partial charge in [-0.15, -0.1) is 0 Å². The maximum Gasteiger partial charge on any atom is 0.277 e. The highest BCUT2D eigenvalue weighted by Crippen LogP contribution is 2.30. The van der Waals surface area contributed by atoms with E-state index in [0.29, 0.717) is 5.56 Å². The number of aryl methyl sites for hydroxylation is 1. The van der Waals surface area contributed by atoms with Gasteiger partial charge in [0.25, 0.3) is 5.91 Å². The SMILES string of the molecule is Cc1ccc(Nc2c(C(=O)NOCCO)cc(/C=N/OCC(C)(C)CO)c(F)c2F)c(F)c1. The molecule has 0 saturated carbocycles. The number of hydroxylamine groups is 1. The first-order valence-corrected chi connectivity index (χ1v) is 9.94. The molecule has 4 N–H and O–H groups in total. The van der Waals surface area contributed by atoms with E-state index in [1.807, 2.05) is 5.48 Å². The minimum Gasteiger partial charge on any atom is -0.396 e. The van der Waals surface area contributed by atoms with Crippen molar-refractivity contribution in [2.45, 2.75) is 20.8 Å². The second-order valence-electron chi connectivity index (χ2n) is 7.96. The average Bonchev–Trinajstić information content (AvgIpc) is 2.77. The lowest BCUT2D eigenvalue weighted by atomic mass is 9.97. The molecule has 0 heterocycles. The monoisotopic (exact) mass is 469 g/mol. The number of aliphatic hydroxyl groups excluding tert-OH is 2. The van der Waals surface area contributed by atoms with Gasteiger partial charge < -0.3 is 20.4 Å². The lowest BCUT2D eigenvalue weighted by Crippen LogP contribution is -2.26. The first-order chi connectivity index (χ1) is 15.6. The second kappa shape index (κ2) is 11.6. The predicted molar refractivity (Wildman–Crippen MR) is 116 cm³/mol. The van der Waals surface area contributed by atoms with Gasteiger partial charge in [0.1, 0.15) is 12.4 Å². The molecule has 0 saturated heterocycles. The molecule has 0 aliphatic rings. The number of nitrogens with one attached hydrogen (secondary N) is 2. The maximum atomic E-state index is 15.0. The average molecular weight is 469 g/mol. The quantitative estimate of drug-likeness (QED) is 0.229. The molecule has 0 bridgehead atoms. The van der Waals surface area contributed by atoms with E-state index in [9.17, 15) is 23.1 Å². The van der Waals surface area contributed by atoms with Crippen LogP contribution in [0.5, 0.6) is 0 Å². The van der Waals surface area contributed by atoms with Crippen molar-refractivity contribution in [1.82, 2.24) is 5.48 Å². The van der Waals surface area contributed by atoms with Crippen LogP contribution in [0.2, 0.25) is 0 Å². The summed E-state index contributed by atoms with van der Waals surface area (Å²) < 4.78 is 44.0. The highest BCUT2D eigenvalue weighted by molar-refractivity contribution is 6.01. The molecule has 0 fully saturated rings. The van der Waals surface area contributed by atoms with E-state index < -0.39 is 52.2 Å². The van der Waals surface area contributed by atoms with Crippen LogP contribution >= 0.6 is 0 Å². The summed E-state index contributed by atoms with van der Waals surface area (Å²) in [7, 11) is 0. The maximum absolute atomic E-state index is 15.0. The van der Waals surface area contributed by atoms with Crippen molar-refractivity contribution in [3.63, 3.8) is 0 Å². The number of carbonyl (C=O) groups excluding carboxylic acids is 1. The van der Waals surface area contributed by atoms with Crippen LogP contribution in [-0.2, 0) is 9.68 Å². The normalized spacial score (nSPS) is 11.6. The summed E-state index contributed by atoms with van der Waals surface area (Å²) in [5.41, 5.74) is 0.353. The standard InChI is InChI=1S/C22H26F3N3O5/c1-13-4-5-17(16(23)8-13)27-20-15(21(31)28-32-7-6-29)9-14(18(24)19(20)25)10-26-33-12-22(2,3)11-30/h4-5,8-10,27,29-30H,6-7,11-12H2,1-3H3,(H,28,31)/b26-10+. The number of benzene rings is 2. The molecule has 2 aromatic carbocycles. The molecule has 180 valence electrons. The Balaban J connectivity index is 2.43. The molecule has 0 radical (unpaired) electrons. The molecular formula is C22H26F3N3O5. The Kier molecular flexibility index (Phi) is 9.21. The lowest BCUT2D eigenvalue weighted by Gasteiger charge is -2.19. The molecule has 0 atom stereocenters. The Morgan fingerprint density at radius 2 is 1.91 bits per heavy atom. The number of nitrogens with zero attached hydrogens (tertiary/aromatic N) is 1. The summed E-state index contributed by atoms with van der Waals surface area (Å²) in [6, 6.07) is 5.04. The molecule has 33 heavy (non-hydrogen) atoms. The smallest absolute Gasteiger partial charge is 0.277 e. The van der Waals surface area contributed by atoms with E-state index >= 15 is 0 Å². The molecule has 11 heteroatoms. The van der Waals surface area contributed by atoms with Gasteiger partial charge in [0.2, 0.25) is 0 Å². The molecule has 2 aromatic rings. The Labute approximate surface area is 189 Å². The van der Waals surface area contributed by atoms with E-state index in [-0.39, 0.29) is 25.5 Å². The molecule has 0 aliphatic heterocycles. The summed E-state index contributed by atoms with van der Waals surface area (Å²) in [6.45, 7) is 4.26. The van der Waals surface area contributed by atoms with Crippen LogP contribution in [0.25, 0.3) is 0 Å². The van der Waals surface area contributed by atoms with Gasteiger partial charge >= 0.3 is 0 Å². The van der Waals surface area contributed by atoms with Crippen LogP contribution in [0.15, 0.2) is 29.4 Å². The van der Waals surface area contributed by atoms with Gasteiger partial charge in [-0.25, -0.2) is 18.7 Å². The fraction of sp³-hybridized carbons (Fsp3) is 0.364. The van der Waals surface area contributed by atoms with E-state index in [2.05, 4.69) is 10.5 Å². The van der Waals surface area contributed by atoms with E-state index in [4.69, 9.17) is 14.8 Å². The zero-order valence-electron chi connectivity index (χ0n) is 18.4. The van der Waals surface area contributed by atoms with Crippen molar-refractivity contribution < 1.29 is 37.9 Å². The summed E-state index contributed by atoms with van der Waals surface area (Å²) in [5, 5.41) is 24.0. The van der Waals surface area contributed by atoms with Crippen LogP contribution in [0, 0.1) is 29.8 Å². The number of hydrogen-bond acceptors (Lipinski definition) is 7. The topological polar surface area (TPSA) is 112 Å². The minimum atomic E-state index is -1.46. The second-order valence-corrected chi connectivity index (χ2v) is 7.96. The van der Waals surface area contributed by atoms with Crippen molar-refractivity contribution in [3.05, 3.63) is 58.4 Å². The van der Waals surface area contributed by atoms with Gasteiger partial charge in [0, 0.05) is 11.0 Å². The largest absolute Gasteiger partial charge is 0.396 e. The highest BCUT2D eigenvalue weighted by atomic mass is 19.2. The van der Waals surface area contributed by atoms with Crippen LogP contribution in [0.3, 0.4) is 0 Å². The van der Waals surface area contributed by atoms with Crippen molar-refractivity contribution >= 4 is 23.5 Å². The van der Waals surface area contributed by atoms with Gasteiger partial charge in [0.05, 0.1) is 43.0 Å². The van der Waals surface area contributed by atoms with Gasteiger partial charge in [-0.3, -0.25) is 9.63 Å². The van der Waals surface area contributed by atoms with E-state index in [1.54, 1.807) is 26.8 Å². The molecule has 8 nitrogen and oxygen atoms in total. The third-order valence-electron chi connectivity index (χ3n) is 4.37. The van der Waals surface area contributed by atoms with Crippen molar-refractivity contribution in [2.75, 3.05) is 31.7 Å². The molecule has 0 unspecified atom stereocenters. The van der Waals surface area contributed by atoms with Gasteiger partial charge in [-0.05, 0) is 30.7 Å². The number of rotatable bonds is 11.